The second-order valence-electron chi connectivity index (χ2n) is 2.63. The van der Waals surface area contributed by atoms with Crippen LogP contribution in [-0.2, 0) is 0 Å². The molecule has 0 aromatic rings. The Kier molecular flexibility index (Phi) is 5.00. The van der Waals surface area contributed by atoms with Crippen molar-refractivity contribution in [2.75, 3.05) is 6.54 Å². The van der Waals surface area contributed by atoms with Gasteiger partial charge in [0.25, 0.3) is 0 Å². The Bertz CT molecular complexity index is 141. The molecule has 1 aliphatic carbocycles. The molecular formula is C9H12NS2. The van der Waals surface area contributed by atoms with Crippen LogP contribution in [0, 0.1) is 31.6 Å². The van der Waals surface area contributed by atoms with E-state index in [1.54, 1.807) is 0 Å². The first-order chi connectivity index (χ1) is 5.79. The normalized spacial score (nSPS) is 18.1. The maximum absolute atomic E-state index is 4.76. The summed E-state index contributed by atoms with van der Waals surface area (Å²) >= 11 is 8.73. The molecule has 5 radical (unpaired) electrons. The third kappa shape index (κ3) is 4.31. The van der Waals surface area contributed by atoms with Crippen LogP contribution in [0.4, 0.5) is 0 Å². The van der Waals surface area contributed by atoms with Gasteiger partial charge in [-0.1, -0.05) is 12.2 Å². The van der Waals surface area contributed by atoms with Crippen LogP contribution < -0.4 is 5.32 Å². The molecule has 65 valence electrons. The van der Waals surface area contributed by atoms with Crippen LogP contribution in [0.2, 0.25) is 0 Å². The van der Waals surface area contributed by atoms with Crippen molar-refractivity contribution in [3.63, 3.8) is 0 Å². The monoisotopic (exact) mass is 198 g/mol. The van der Waals surface area contributed by atoms with Gasteiger partial charge < -0.3 is 5.32 Å². The van der Waals surface area contributed by atoms with Crippen LogP contribution >= 0.6 is 24.8 Å². The Morgan fingerprint density at radius 1 is 1.42 bits per heavy atom. The molecule has 0 aromatic heterocycles. The van der Waals surface area contributed by atoms with E-state index in [0.717, 1.165) is 19.4 Å². The lowest BCUT2D eigenvalue weighted by Crippen LogP contribution is -2.17. The van der Waals surface area contributed by atoms with E-state index < -0.39 is 0 Å². The highest BCUT2D eigenvalue weighted by atomic mass is 32.1. The molecule has 0 heterocycles. The number of rotatable bonds is 4. The molecule has 1 rings (SSSR count). The molecule has 0 bridgehead atoms. The standard InChI is InChI=1S/C9H12NS2/c11-9(12)10-7-3-6-8-4-1-2-5-8/h1-2,4-5H,3,6-7H2,(H2,10,11,12). The summed E-state index contributed by atoms with van der Waals surface area (Å²) in [6, 6.07) is 0. The average Bonchev–Trinajstić information content (AvgIpc) is 2.49. The smallest absolute Gasteiger partial charge is 0.130 e. The van der Waals surface area contributed by atoms with Gasteiger partial charge in [0.1, 0.15) is 4.32 Å². The van der Waals surface area contributed by atoms with Crippen molar-refractivity contribution in [1.82, 2.24) is 5.32 Å². The van der Waals surface area contributed by atoms with Gasteiger partial charge in [0, 0.05) is 6.54 Å². The summed E-state index contributed by atoms with van der Waals surface area (Å²) in [5.74, 6) is 1.39. The number of thiol groups is 1. The third-order valence-electron chi connectivity index (χ3n) is 1.65. The van der Waals surface area contributed by atoms with Crippen LogP contribution in [-0.4, -0.2) is 10.9 Å². The summed E-state index contributed by atoms with van der Waals surface area (Å²) in [4.78, 5) is 0. The minimum atomic E-state index is 0.581. The van der Waals surface area contributed by atoms with E-state index in [-0.39, 0.29) is 0 Å². The third-order valence-corrected chi connectivity index (χ3v) is 1.95. The van der Waals surface area contributed by atoms with Gasteiger partial charge in [0.2, 0.25) is 0 Å². The van der Waals surface area contributed by atoms with Gasteiger partial charge >= 0.3 is 0 Å². The van der Waals surface area contributed by atoms with Gasteiger partial charge in [0.15, 0.2) is 0 Å². The van der Waals surface area contributed by atoms with E-state index in [0.29, 0.717) is 4.32 Å². The molecule has 1 aliphatic rings. The zero-order valence-electron chi connectivity index (χ0n) is 6.79. The summed E-state index contributed by atoms with van der Waals surface area (Å²) in [5, 5.41) is 3.00. The van der Waals surface area contributed by atoms with E-state index in [4.69, 9.17) is 12.2 Å². The zero-order chi connectivity index (χ0) is 8.81. The number of nitrogens with one attached hydrogen (secondary N) is 1. The van der Waals surface area contributed by atoms with E-state index in [9.17, 15) is 0 Å². The second-order valence-corrected chi connectivity index (χ2v) is 3.79. The fraction of sp³-hybridized carbons (Fsp3) is 0.333. The summed E-state index contributed by atoms with van der Waals surface area (Å²) < 4.78 is 0.581. The lowest BCUT2D eigenvalue weighted by atomic mass is 10.0. The van der Waals surface area contributed by atoms with Gasteiger partial charge in [-0.2, -0.15) is 0 Å². The Labute approximate surface area is 85.7 Å². The molecule has 0 spiro atoms. The Morgan fingerprint density at radius 2 is 2.08 bits per heavy atom. The lowest BCUT2D eigenvalue weighted by Gasteiger charge is -2.07. The average molecular weight is 198 g/mol. The Balaban J connectivity index is 1.91. The molecule has 0 saturated heterocycles. The van der Waals surface area contributed by atoms with Crippen LogP contribution in [0.25, 0.3) is 0 Å². The van der Waals surface area contributed by atoms with E-state index in [1.165, 1.54) is 5.92 Å². The van der Waals surface area contributed by atoms with Crippen molar-refractivity contribution in [3.8, 4) is 0 Å². The first-order valence-corrected chi connectivity index (χ1v) is 4.82. The fourth-order valence-corrected chi connectivity index (χ4v) is 1.28. The second kappa shape index (κ2) is 5.81. The molecular weight excluding hydrogens is 186 g/mol. The topological polar surface area (TPSA) is 12.0 Å². The van der Waals surface area contributed by atoms with Gasteiger partial charge in [-0.3, -0.25) is 0 Å². The van der Waals surface area contributed by atoms with Crippen molar-refractivity contribution < 1.29 is 0 Å². The van der Waals surface area contributed by atoms with Gasteiger partial charge in [-0.15, -0.1) is 12.6 Å². The van der Waals surface area contributed by atoms with Gasteiger partial charge in [-0.25, -0.2) is 0 Å². The van der Waals surface area contributed by atoms with Crippen LogP contribution in [0.5, 0.6) is 0 Å². The highest BCUT2D eigenvalue weighted by molar-refractivity contribution is 8.11. The number of hydrogen-bond acceptors (Lipinski definition) is 1. The molecule has 0 amide bonds. The maximum Gasteiger partial charge on any atom is 0.130 e. The van der Waals surface area contributed by atoms with Crippen molar-refractivity contribution in [2.24, 2.45) is 0 Å². The number of hydrogen-bond donors (Lipinski definition) is 2. The van der Waals surface area contributed by atoms with E-state index >= 15 is 0 Å². The van der Waals surface area contributed by atoms with E-state index in [1.807, 2.05) is 0 Å². The van der Waals surface area contributed by atoms with E-state index in [2.05, 4.69) is 43.6 Å². The van der Waals surface area contributed by atoms with Crippen molar-refractivity contribution in [1.29, 1.82) is 0 Å². The summed E-state index contributed by atoms with van der Waals surface area (Å²) in [5.41, 5.74) is 0. The summed E-state index contributed by atoms with van der Waals surface area (Å²) in [7, 11) is 0. The molecule has 12 heavy (non-hydrogen) atoms. The minimum Gasteiger partial charge on any atom is -0.371 e. The predicted molar refractivity (Wildman–Crippen MR) is 59.3 cm³/mol. The largest absolute Gasteiger partial charge is 0.371 e. The molecule has 3 heteroatoms. The molecule has 0 aromatic carbocycles. The molecule has 0 unspecified atom stereocenters. The molecule has 1 saturated carbocycles. The maximum atomic E-state index is 4.76. The summed E-state index contributed by atoms with van der Waals surface area (Å²) in [6.45, 7) is 0.910. The molecule has 0 aliphatic heterocycles. The molecule has 1 N–H and O–H groups in total. The Morgan fingerprint density at radius 3 is 2.67 bits per heavy atom. The Hall–Kier alpha value is 0.240. The molecule has 1 nitrogen and oxygen atoms in total. The fourth-order valence-electron chi connectivity index (χ4n) is 1.07. The SMILES string of the molecule is S=C(S)NCCC[C]1[CH][CH][CH][CH]1. The minimum absolute atomic E-state index is 0.581. The van der Waals surface area contributed by atoms with Crippen molar-refractivity contribution >= 4 is 29.2 Å². The number of thiocarbonyl (C=S) groups is 1. The van der Waals surface area contributed by atoms with Gasteiger partial charge in [0.05, 0.1) is 0 Å². The van der Waals surface area contributed by atoms with Crippen molar-refractivity contribution in [3.05, 3.63) is 31.6 Å². The van der Waals surface area contributed by atoms with Gasteiger partial charge in [-0.05, 0) is 44.4 Å². The molecule has 1 fully saturated rings. The molecule has 0 atom stereocenters. The zero-order valence-corrected chi connectivity index (χ0v) is 8.50. The van der Waals surface area contributed by atoms with Crippen LogP contribution in [0.3, 0.4) is 0 Å². The first kappa shape index (κ1) is 10.3. The first-order valence-electron chi connectivity index (χ1n) is 3.96. The lowest BCUT2D eigenvalue weighted by molar-refractivity contribution is 0.749. The predicted octanol–water partition coefficient (Wildman–Crippen LogP) is 1.98. The van der Waals surface area contributed by atoms with Crippen LogP contribution in [0.1, 0.15) is 12.8 Å². The highest BCUT2D eigenvalue weighted by Crippen LogP contribution is 2.26. The van der Waals surface area contributed by atoms with Crippen LogP contribution in [0.15, 0.2) is 0 Å². The van der Waals surface area contributed by atoms with Crippen molar-refractivity contribution in [2.45, 2.75) is 12.8 Å². The quantitative estimate of drug-likeness (QED) is 0.407. The highest BCUT2D eigenvalue weighted by Gasteiger charge is 2.15. The summed E-state index contributed by atoms with van der Waals surface area (Å²) in [6.07, 6.45) is 10.6.